The number of benzene rings is 2. The van der Waals surface area contributed by atoms with E-state index < -0.39 is 0 Å². The van der Waals surface area contributed by atoms with Crippen LogP contribution in [0, 0.1) is 12.8 Å². The van der Waals surface area contributed by atoms with Crippen molar-refractivity contribution in [2.24, 2.45) is 21.5 Å². The summed E-state index contributed by atoms with van der Waals surface area (Å²) in [6.45, 7) is 10.7. The minimum absolute atomic E-state index is 0.203. The molecular weight excluding hydrogens is 440 g/mol. The molecule has 2 aromatic carbocycles. The van der Waals surface area contributed by atoms with Gasteiger partial charge in [0.2, 0.25) is 0 Å². The van der Waals surface area contributed by atoms with Gasteiger partial charge in [-0.1, -0.05) is 87.3 Å². The Kier molecular flexibility index (Phi) is 17.0. The standard InChI is InChI=1S/C16H19N3.C11H20ClN.C2H2/c1-2-12-7-9-13(10-8-12)14-5-3-4-6-15(14)16(18)19-11-17;1-5-7-8-10(4)13-11(12)9(3)6-2;1-2/h3-10H,2,11,17H2,1H3,(H2,18,19);5-8H2,1-4H3;1-2H/b;11-9+,13-10+;. The molecular formula is C29H41ClN4. The van der Waals surface area contributed by atoms with Gasteiger partial charge in [0, 0.05) is 11.3 Å². The Balaban J connectivity index is 0.000000639. The van der Waals surface area contributed by atoms with Crippen molar-refractivity contribution in [3.8, 4) is 24.0 Å². The average molecular weight is 481 g/mol. The highest BCUT2D eigenvalue weighted by Gasteiger charge is 2.07. The van der Waals surface area contributed by atoms with Gasteiger partial charge in [0.05, 0.1) is 6.67 Å². The summed E-state index contributed by atoms with van der Waals surface area (Å²) in [7, 11) is 0. The molecule has 2 aromatic rings. The molecule has 0 fully saturated rings. The molecule has 0 aliphatic heterocycles. The van der Waals surface area contributed by atoms with Crippen LogP contribution in [0.4, 0.5) is 0 Å². The average Bonchev–Trinajstić information content (AvgIpc) is 2.88. The van der Waals surface area contributed by atoms with Crippen LogP contribution in [0.25, 0.3) is 11.1 Å². The maximum Gasteiger partial charge on any atom is 0.127 e. The Morgan fingerprint density at radius 3 is 2.12 bits per heavy atom. The number of allylic oxidation sites excluding steroid dienone is 1. The molecule has 0 aliphatic carbocycles. The molecule has 2 rings (SSSR count). The maximum absolute atomic E-state index is 6.00. The number of terminal acetylenes is 1. The Hall–Kier alpha value is -2.87. The molecule has 0 bridgehead atoms. The van der Waals surface area contributed by atoms with Gasteiger partial charge < -0.3 is 11.5 Å². The van der Waals surface area contributed by atoms with Gasteiger partial charge in [-0.05, 0) is 61.8 Å². The monoisotopic (exact) mass is 480 g/mol. The maximum atomic E-state index is 6.00. The molecule has 0 atom stereocenters. The van der Waals surface area contributed by atoms with Crippen LogP contribution in [-0.2, 0) is 6.42 Å². The van der Waals surface area contributed by atoms with E-state index in [-0.39, 0.29) is 6.67 Å². The smallest absolute Gasteiger partial charge is 0.127 e. The van der Waals surface area contributed by atoms with Crippen molar-refractivity contribution < 1.29 is 0 Å². The van der Waals surface area contributed by atoms with Gasteiger partial charge in [-0.15, -0.1) is 12.8 Å². The molecule has 5 heteroatoms. The van der Waals surface area contributed by atoms with Gasteiger partial charge in [0.1, 0.15) is 11.0 Å². The highest BCUT2D eigenvalue weighted by molar-refractivity contribution is 6.30. The first-order valence-electron chi connectivity index (χ1n) is 11.8. The number of nitrogens with zero attached hydrogens (tertiary/aromatic N) is 2. The summed E-state index contributed by atoms with van der Waals surface area (Å²) in [5.41, 5.74) is 18.2. The molecule has 0 saturated heterocycles. The van der Waals surface area contributed by atoms with Crippen molar-refractivity contribution >= 4 is 23.1 Å². The zero-order valence-electron chi connectivity index (χ0n) is 21.4. The van der Waals surface area contributed by atoms with E-state index in [0.29, 0.717) is 11.0 Å². The Morgan fingerprint density at radius 2 is 1.59 bits per heavy atom. The van der Waals surface area contributed by atoms with E-state index in [1.54, 1.807) is 0 Å². The summed E-state index contributed by atoms with van der Waals surface area (Å²) in [6.07, 6.45) is 13.5. The number of hydrogen-bond donors (Lipinski definition) is 2. The normalized spacial score (nSPS) is 12.0. The highest BCUT2D eigenvalue weighted by atomic mass is 35.5. The Labute approximate surface area is 212 Å². The fourth-order valence-corrected chi connectivity index (χ4v) is 3.24. The van der Waals surface area contributed by atoms with E-state index in [1.165, 1.54) is 18.4 Å². The molecule has 0 amide bonds. The SMILES string of the molecule is C#C.CCCC/C(C)=N/C(Cl)=C(\C)CC.CCc1ccc(-c2ccccc2/C(N)=N/CN)cc1. The van der Waals surface area contributed by atoms with Crippen LogP contribution in [0.15, 0.2) is 69.2 Å². The number of nitrogens with two attached hydrogens (primary N) is 2. The van der Waals surface area contributed by atoms with Crippen molar-refractivity contribution in [2.75, 3.05) is 6.67 Å². The fourth-order valence-electron chi connectivity index (χ4n) is 2.96. The van der Waals surface area contributed by atoms with E-state index in [9.17, 15) is 0 Å². The van der Waals surface area contributed by atoms with E-state index in [2.05, 4.69) is 73.9 Å². The lowest BCUT2D eigenvalue weighted by atomic mass is 9.98. The van der Waals surface area contributed by atoms with Gasteiger partial charge in [0.25, 0.3) is 0 Å². The largest absolute Gasteiger partial charge is 0.383 e. The lowest BCUT2D eigenvalue weighted by Gasteiger charge is -2.09. The van der Waals surface area contributed by atoms with Crippen molar-refractivity contribution in [2.45, 2.75) is 66.7 Å². The van der Waals surface area contributed by atoms with E-state index >= 15 is 0 Å². The van der Waals surface area contributed by atoms with Gasteiger partial charge in [-0.2, -0.15) is 0 Å². The van der Waals surface area contributed by atoms with Gasteiger partial charge in [0.15, 0.2) is 0 Å². The van der Waals surface area contributed by atoms with E-state index in [1.807, 2.05) is 32.0 Å². The van der Waals surface area contributed by atoms with Crippen LogP contribution < -0.4 is 11.5 Å². The second kappa shape index (κ2) is 18.5. The second-order valence-electron chi connectivity index (χ2n) is 7.70. The molecule has 0 aliphatic rings. The van der Waals surface area contributed by atoms with E-state index in [4.69, 9.17) is 23.1 Å². The van der Waals surface area contributed by atoms with Crippen LogP contribution in [0.5, 0.6) is 0 Å². The molecule has 0 heterocycles. The van der Waals surface area contributed by atoms with Gasteiger partial charge >= 0.3 is 0 Å². The summed E-state index contributed by atoms with van der Waals surface area (Å²) >= 11 is 6.00. The van der Waals surface area contributed by atoms with E-state index in [0.717, 1.165) is 47.2 Å². The summed E-state index contributed by atoms with van der Waals surface area (Å²) in [4.78, 5) is 8.43. The third-order valence-electron chi connectivity index (χ3n) is 5.20. The lowest BCUT2D eigenvalue weighted by molar-refractivity contribution is 0.832. The number of aryl methyl sites for hydroxylation is 1. The minimum atomic E-state index is 0.203. The quantitative estimate of drug-likeness (QED) is 0.171. The molecule has 184 valence electrons. The predicted molar refractivity (Wildman–Crippen MR) is 152 cm³/mol. The highest BCUT2D eigenvalue weighted by Crippen LogP contribution is 2.24. The number of hydrogen-bond acceptors (Lipinski definition) is 3. The molecule has 0 unspecified atom stereocenters. The number of unbranched alkanes of at least 4 members (excludes halogenated alkanes) is 1. The molecule has 0 spiro atoms. The van der Waals surface area contributed by atoms with Crippen molar-refractivity contribution in [3.05, 3.63) is 70.4 Å². The van der Waals surface area contributed by atoms with Crippen molar-refractivity contribution in [1.82, 2.24) is 0 Å². The summed E-state index contributed by atoms with van der Waals surface area (Å²) in [5, 5.41) is 0.677. The molecule has 4 N–H and O–H groups in total. The topological polar surface area (TPSA) is 76.8 Å². The first-order chi connectivity index (χ1) is 16.4. The van der Waals surface area contributed by atoms with Gasteiger partial charge in [-0.25, -0.2) is 4.99 Å². The first kappa shape index (κ1) is 31.1. The second-order valence-corrected chi connectivity index (χ2v) is 8.06. The van der Waals surface area contributed by atoms with Crippen molar-refractivity contribution in [1.29, 1.82) is 0 Å². The Morgan fingerprint density at radius 1 is 0.971 bits per heavy atom. The van der Waals surface area contributed by atoms with Crippen molar-refractivity contribution in [3.63, 3.8) is 0 Å². The van der Waals surface area contributed by atoms with Crippen LogP contribution in [0.2, 0.25) is 0 Å². The number of amidine groups is 1. The number of rotatable bonds is 9. The molecule has 0 radical (unpaired) electrons. The molecule has 4 nitrogen and oxygen atoms in total. The predicted octanol–water partition coefficient (Wildman–Crippen LogP) is 7.30. The van der Waals surface area contributed by atoms with Crippen LogP contribution in [-0.4, -0.2) is 18.2 Å². The summed E-state index contributed by atoms with van der Waals surface area (Å²) in [6, 6.07) is 16.5. The molecule has 0 aromatic heterocycles. The zero-order chi connectivity index (χ0) is 25.9. The molecule has 34 heavy (non-hydrogen) atoms. The number of halogens is 1. The first-order valence-corrected chi connectivity index (χ1v) is 12.2. The minimum Gasteiger partial charge on any atom is -0.383 e. The van der Waals surface area contributed by atoms with Gasteiger partial charge in [-0.3, -0.25) is 4.99 Å². The molecule has 0 saturated carbocycles. The third-order valence-corrected chi connectivity index (χ3v) is 5.61. The number of aliphatic imine (C=N–C) groups is 2. The fraction of sp³-hybridized carbons (Fsp3) is 0.379. The zero-order valence-corrected chi connectivity index (χ0v) is 22.2. The van der Waals surface area contributed by atoms with Crippen LogP contribution in [0.3, 0.4) is 0 Å². The third kappa shape index (κ3) is 11.3. The van der Waals surface area contributed by atoms with Crippen LogP contribution >= 0.6 is 11.6 Å². The summed E-state index contributed by atoms with van der Waals surface area (Å²) in [5.74, 6) is 0.484. The lowest BCUT2D eigenvalue weighted by Crippen LogP contribution is -2.16. The summed E-state index contributed by atoms with van der Waals surface area (Å²) < 4.78 is 0. The van der Waals surface area contributed by atoms with Crippen LogP contribution in [0.1, 0.15) is 71.4 Å². The Bertz CT molecular complexity index is 954.